The second kappa shape index (κ2) is 9.49. The molecule has 1 fully saturated rings. The van der Waals surface area contributed by atoms with Crippen LogP contribution in [0.1, 0.15) is 18.9 Å². The quantitative estimate of drug-likeness (QED) is 0.475. The van der Waals surface area contributed by atoms with Crippen LogP contribution in [0.15, 0.2) is 48.9 Å². The Morgan fingerprint density at radius 2 is 2.00 bits per heavy atom. The summed E-state index contributed by atoms with van der Waals surface area (Å²) in [6, 6.07) is 7.59. The second-order valence-corrected chi connectivity index (χ2v) is 9.26. The fourth-order valence-corrected chi connectivity index (χ4v) is 4.53. The molecule has 7 nitrogen and oxygen atoms in total. The Hall–Kier alpha value is -2.74. The number of nitrogens with one attached hydrogen (secondary N) is 1. The van der Waals surface area contributed by atoms with Crippen molar-refractivity contribution in [1.82, 2.24) is 20.3 Å². The SMILES string of the molecule is CCNC1(C(N)=O)CCN(c2cnc(-c3ccc(C(F)(F)P)cc3)c(-c3ccncc3Cl)n2)C1. The number of anilines is 1. The lowest BCUT2D eigenvalue weighted by molar-refractivity contribution is -0.123. The summed E-state index contributed by atoms with van der Waals surface area (Å²) in [6.45, 7) is 3.44. The number of hydrogen-bond donors (Lipinski definition) is 2. The number of carbonyl (C=O) groups is 1. The summed E-state index contributed by atoms with van der Waals surface area (Å²) >= 11 is 6.43. The van der Waals surface area contributed by atoms with Gasteiger partial charge >= 0.3 is 0 Å². The van der Waals surface area contributed by atoms with E-state index < -0.39 is 17.1 Å². The molecule has 11 heteroatoms. The lowest BCUT2D eigenvalue weighted by atomic mass is 9.98. The molecule has 1 aromatic carbocycles. The minimum atomic E-state index is -3.03. The van der Waals surface area contributed by atoms with Crippen LogP contribution in [0, 0.1) is 0 Å². The van der Waals surface area contributed by atoms with Crippen molar-refractivity contribution in [1.29, 1.82) is 0 Å². The van der Waals surface area contributed by atoms with Gasteiger partial charge in [-0.1, -0.05) is 52.0 Å². The van der Waals surface area contributed by atoms with Gasteiger partial charge in [0, 0.05) is 42.2 Å². The lowest BCUT2D eigenvalue weighted by Gasteiger charge is -2.27. The fourth-order valence-electron chi connectivity index (χ4n) is 4.12. The molecular formula is C23H24ClF2N6OP. The zero-order valence-corrected chi connectivity index (χ0v) is 20.3. The number of pyridine rings is 1. The number of amides is 1. The van der Waals surface area contributed by atoms with Gasteiger partial charge in [-0.3, -0.25) is 14.8 Å². The van der Waals surface area contributed by atoms with E-state index in [9.17, 15) is 13.6 Å². The number of aromatic nitrogens is 3. The molecule has 3 heterocycles. The number of nitrogens with two attached hydrogens (primary N) is 1. The molecule has 1 amide bonds. The summed E-state index contributed by atoms with van der Waals surface area (Å²) in [5.74, 6) is 0.144. The third-order valence-corrected chi connectivity index (χ3v) is 6.55. The molecule has 0 saturated carbocycles. The topological polar surface area (TPSA) is 97.0 Å². The van der Waals surface area contributed by atoms with E-state index in [2.05, 4.69) is 15.3 Å². The maximum Gasteiger partial charge on any atom is 0.283 e. The first-order valence-electron chi connectivity index (χ1n) is 10.7. The van der Waals surface area contributed by atoms with Crippen molar-refractivity contribution in [2.24, 2.45) is 5.73 Å². The number of nitrogens with zero attached hydrogens (tertiary/aromatic N) is 4. The maximum atomic E-state index is 13.7. The van der Waals surface area contributed by atoms with Gasteiger partial charge in [0.05, 0.1) is 16.9 Å². The van der Waals surface area contributed by atoms with E-state index in [4.69, 9.17) is 22.3 Å². The van der Waals surface area contributed by atoms with Crippen LogP contribution >= 0.6 is 20.8 Å². The highest BCUT2D eigenvalue weighted by atomic mass is 35.5. The molecule has 3 N–H and O–H groups in total. The van der Waals surface area contributed by atoms with Crippen LogP contribution in [0.25, 0.3) is 22.5 Å². The molecular weight excluding hydrogens is 481 g/mol. The molecule has 0 bridgehead atoms. The molecule has 1 saturated heterocycles. The van der Waals surface area contributed by atoms with Crippen molar-refractivity contribution < 1.29 is 13.6 Å². The molecule has 178 valence electrons. The summed E-state index contributed by atoms with van der Waals surface area (Å²) in [5.41, 5.74) is 3.89. The average molecular weight is 505 g/mol. The van der Waals surface area contributed by atoms with Crippen LogP contribution in [0.5, 0.6) is 0 Å². The smallest absolute Gasteiger partial charge is 0.283 e. The molecule has 2 unspecified atom stereocenters. The molecule has 0 spiro atoms. The number of carbonyl (C=O) groups excluding carboxylic acids is 1. The average Bonchev–Trinajstić information content (AvgIpc) is 3.24. The second-order valence-electron chi connectivity index (χ2n) is 8.13. The first-order valence-corrected chi connectivity index (χ1v) is 11.6. The highest BCUT2D eigenvalue weighted by Gasteiger charge is 2.43. The lowest BCUT2D eigenvalue weighted by Crippen LogP contribution is -2.57. The van der Waals surface area contributed by atoms with E-state index >= 15 is 0 Å². The van der Waals surface area contributed by atoms with Crippen molar-refractivity contribution in [2.75, 3.05) is 24.5 Å². The third-order valence-electron chi connectivity index (χ3n) is 5.91. The van der Waals surface area contributed by atoms with Gasteiger partial charge in [-0.15, -0.1) is 0 Å². The van der Waals surface area contributed by atoms with E-state index in [1.807, 2.05) is 11.8 Å². The van der Waals surface area contributed by atoms with Crippen LogP contribution in [-0.2, 0) is 10.5 Å². The zero-order chi connectivity index (χ0) is 24.5. The van der Waals surface area contributed by atoms with Crippen molar-refractivity contribution in [2.45, 2.75) is 24.5 Å². The molecule has 0 aliphatic carbocycles. The largest absolute Gasteiger partial charge is 0.368 e. The summed E-state index contributed by atoms with van der Waals surface area (Å²) in [5, 5.41) is 3.59. The molecule has 4 rings (SSSR count). The molecule has 2 atom stereocenters. The summed E-state index contributed by atoms with van der Waals surface area (Å²) in [6.07, 6.45) is 5.24. The van der Waals surface area contributed by atoms with Gasteiger partial charge < -0.3 is 16.0 Å². The van der Waals surface area contributed by atoms with Gasteiger partial charge in [0.15, 0.2) is 0 Å². The van der Waals surface area contributed by atoms with Crippen LogP contribution in [0.4, 0.5) is 14.6 Å². The maximum absolute atomic E-state index is 13.7. The van der Waals surface area contributed by atoms with Crippen molar-refractivity contribution in [3.8, 4) is 22.5 Å². The predicted molar refractivity (Wildman–Crippen MR) is 132 cm³/mol. The minimum absolute atomic E-state index is 0.127. The van der Waals surface area contributed by atoms with Gasteiger partial charge in [-0.25, -0.2) is 4.98 Å². The Morgan fingerprint density at radius 1 is 1.26 bits per heavy atom. The monoisotopic (exact) mass is 504 g/mol. The van der Waals surface area contributed by atoms with E-state index in [0.29, 0.717) is 59.4 Å². The first-order chi connectivity index (χ1) is 16.1. The Labute approximate surface area is 203 Å². The van der Waals surface area contributed by atoms with E-state index in [-0.39, 0.29) is 5.56 Å². The number of benzene rings is 1. The van der Waals surface area contributed by atoms with Gasteiger partial charge in [0.1, 0.15) is 17.1 Å². The van der Waals surface area contributed by atoms with Gasteiger partial charge in [-0.2, -0.15) is 8.78 Å². The predicted octanol–water partition coefficient (Wildman–Crippen LogP) is 3.83. The Balaban J connectivity index is 1.78. The van der Waals surface area contributed by atoms with E-state index in [1.54, 1.807) is 30.6 Å². The molecule has 0 radical (unpaired) electrons. The number of rotatable bonds is 7. The molecule has 2 aromatic heterocycles. The third kappa shape index (κ3) is 4.73. The highest BCUT2D eigenvalue weighted by Crippen LogP contribution is 2.38. The molecule has 3 aromatic rings. The van der Waals surface area contributed by atoms with Gasteiger partial charge in [0.2, 0.25) is 5.91 Å². The normalized spacial score (nSPS) is 18.3. The fraction of sp³-hybridized carbons (Fsp3) is 0.304. The number of alkyl halides is 2. The summed E-state index contributed by atoms with van der Waals surface area (Å²) < 4.78 is 27.3. The highest BCUT2D eigenvalue weighted by molar-refractivity contribution is 7.17. The van der Waals surface area contributed by atoms with Crippen LogP contribution in [0.3, 0.4) is 0 Å². The van der Waals surface area contributed by atoms with Crippen molar-refractivity contribution in [3.05, 3.63) is 59.5 Å². The Bertz CT molecular complexity index is 1210. The first kappa shape index (κ1) is 24.4. The minimum Gasteiger partial charge on any atom is -0.368 e. The van der Waals surface area contributed by atoms with Gasteiger partial charge in [-0.05, 0) is 19.0 Å². The van der Waals surface area contributed by atoms with Crippen molar-refractivity contribution >= 4 is 32.6 Å². The molecule has 1 aliphatic rings. The Morgan fingerprint density at radius 3 is 2.62 bits per heavy atom. The van der Waals surface area contributed by atoms with E-state index in [1.165, 1.54) is 27.6 Å². The number of halogens is 3. The zero-order valence-electron chi connectivity index (χ0n) is 18.4. The van der Waals surface area contributed by atoms with Crippen molar-refractivity contribution in [3.63, 3.8) is 0 Å². The molecule has 34 heavy (non-hydrogen) atoms. The number of hydrogen-bond acceptors (Lipinski definition) is 6. The van der Waals surface area contributed by atoms with Crippen LogP contribution in [0.2, 0.25) is 5.02 Å². The Kier molecular flexibility index (Phi) is 6.80. The summed E-state index contributed by atoms with van der Waals surface area (Å²) in [4.78, 5) is 27.6. The van der Waals surface area contributed by atoms with Gasteiger partial charge in [0.25, 0.3) is 5.66 Å². The van der Waals surface area contributed by atoms with Crippen LogP contribution in [-0.4, -0.2) is 46.0 Å². The molecule has 1 aliphatic heterocycles. The number of primary amides is 1. The standard InChI is InChI=1S/C23H24ClF2N6OP/c1-2-30-22(21(27)33)8-10-32(13-22)18-12-29-19(14-3-5-15(6-4-14)23(25,26)34)20(31-18)16-7-9-28-11-17(16)24/h3-7,9,11-12,30H,2,8,10,13,34H2,1H3,(H2,27,33). The number of likely N-dealkylation sites (N-methyl/N-ethyl adjacent to an activating group) is 1. The van der Waals surface area contributed by atoms with Crippen LogP contribution < -0.4 is 16.0 Å². The summed E-state index contributed by atoms with van der Waals surface area (Å²) in [7, 11) is 1.53. The van der Waals surface area contributed by atoms with E-state index in [0.717, 1.165) is 0 Å².